The molecule has 6 nitrogen and oxygen atoms in total. The standard InChI is InChI=1S/C27H31N3O3/c1-20-11-13-22(14-12-20)26(31)30(18-23-10-7-17-32-23)19-24-25(21-8-3-2-4-9-21)28-33-27(24)29-15-5-6-16-29/h2-4,8-9,11-14,23H,5-7,10,15-19H2,1H3/t23-/m1/s1. The van der Waals surface area contributed by atoms with Gasteiger partial charge in [-0.15, -0.1) is 0 Å². The molecule has 0 unspecified atom stereocenters. The number of carbonyl (C=O) groups excluding carboxylic acids is 1. The van der Waals surface area contributed by atoms with E-state index in [2.05, 4.69) is 10.1 Å². The van der Waals surface area contributed by atoms with E-state index < -0.39 is 0 Å². The van der Waals surface area contributed by atoms with Gasteiger partial charge in [0, 0.05) is 37.4 Å². The molecule has 1 aromatic heterocycles. The van der Waals surface area contributed by atoms with Gasteiger partial charge in [0.2, 0.25) is 5.88 Å². The van der Waals surface area contributed by atoms with Crippen LogP contribution < -0.4 is 4.90 Å². The predicted octanol–water partition coefficient (Wildman–Crippen LogP) is 5.07. The average Bonchev–Trinajstić information content (AvgIpc) is 3.61. The Morgan fingerprint density at radius 1 is 1.06 bits per heavy atom. The van der Waals surface area contributed by atoms with Crippen LogP contribution in [0.4, 0.5) is 5.88 Å². The second-order valence-electron chi connectivity index (χ2n) is 9.06. The van der Waals surface area contributed by atoms with Crippen LogP contribution in [0.5, 0.6) is 0 Å². The third kappa shape index (κ3) is 4.81. The van der Waals surface area contributed by atoms with Crippen molar-refractivity contribution in [3.8, 4) is 11.3 Å². The molecule has 5 rings (SSSR count). The summed E-state index contributed by atoms with van der Waals surface area (Å²) < 4.78 is 11.8. The van der Waals surface area contributed by atoms with Crippen LogP contribution in [-0.2, 0) is 11.3 Å². The molecule has 0 N–H and O–H groups in total. The second-order valence-corrected chi connectivity index (χ2v) is 9.06. The lowest BCUT2D eigenvalue weighted by Crippen LogP contribution is -2.37. The average molecular weight is 446 g/mol. The Bertz CT molecular complexity index is 1070. The fourth-order valence-electron chi connectivity index (χ4n) is 4.76. The van der Waals surface area contributed by atoms with Gasteiger partial charge in [-0.2, -0.15) is 0 Å². The summed E-state index contributed by atoms with van der Waals surface area (Å²) >= 11 is 0. The number of ether oxygens (including phenoxy) is 1. The van der Waals surface area contributed by atoms with Gasteiger partial charge in [-0.05, 0) is 44.7 Å². The lowest BCUT2D eigenvalue weighted by molar-refractivity contribution is 0.0507. The SMILES string of the molecule is Cc1ccc(C(=O)N(Cc2c(-c3ccccc3)noc2N2CCCC2)C[C@H]2CCCO2)cc1. The summed E-state index contributed by atoms with van der Waals surface area (Å²) in [6.45, 7) is 5.70. The summed E-state index contributed by atoms with van der Waals surface area (Å²) in [4.78, 5) is 17.8. The van der Waals surface area contributed by atoms with E-state index in [0.29, 0.717) is 18.7 Å². The first-order valence-electron chi connectivity index (χ1n) is 12.0. The van der Waals surface area contributed by atoms with Gasteiger partial charge in [0.1, 0.15) is 5.69 Å². The summed E-state index contributed by atoms with van der Waals surface area (Å²) in [7, 11) is 0. The fraction of sp³-hybridized carbons (Fsp3) is 0.407. The van der Waals surface area contributed by atoms with E-state index in [4.69, 9.17) is 9.26 Å². The van der Waals surface area contributed by atoms with Crippen molar-refractivity contribution in [3.05, 3.63) is 71.3 Å². The third-order valence-electron chi connectivity index (χ3n) is 6.59. The molecule has 1 amide bonds. The highest BCUT2D eigenvalue weighted by atomic mass is 16.5. The molecule has 0 saturated carbocycles. The van der Waals surface area contributed by atoms with Crippen LogP contribution in [0, 0.1) is 6.92 Å². The molecule has 0 bridgehead atoms. The predicted molar refractivity (Wildman–Crippen MR) is 128 cm³/mol. The first kappa shape index (κ1) is 21.7. The van der Waals surface area contributed by atoms with Crippen LogP contribution in [0.3, 0.4) is 0 Å². The van der Waals surface area contributed by atoms with Crippen molar-refractivity contribution in [1.29, 1.82) is 0 Å². The van der Waals surface area contributed by atoms with E-state index in [1.165, 1.54) is 0 Å². The minimum atomic E-state index is 0.0121. The maximum absolute atomic E-state index is 13.7. The van der Waals surface area contributed by atoms with Crippen LogP contribution >= 0.6 is 0 Å². The number of hydrogen-bond acceptors (Lipinski definition) is 5. The summed E-state index contributed by atoms with van der Waals surface area (Å²) in [5, 5.41) is 4.47. The van der Waals surface area contributed by atoms with Gasteiger partial charge in [-0.3, -0.25) is 4.79 Å². The van der Waals surface area contributed by atoms with Gasteiger partial charge in [-0.25, -0.2) is 0 Å². The summed E-state index contributed by atoms with van der Waals surface area (Å²) in [6.07, 6.45) is 4.37. The van der Waals surface area contributed by atoms with Crippen molar-refractivity contribution >= 4 is 11.8 Å². The first-order valence-corrected chi connectivity index (χ1v) is 12.0. The molecular weight excluding hydrogens is 414 g/mol. The number of anilines is 1. The number of hydrogen-bond donors (Lipinski definition) is 0. The number of aryl methyl sites for hydroxylation is 1. The largest absolute Gasteiger partial charge is 0.376 e. The third-order valence-corrected chi connectivity index (χ3v) is 6.59. The van der Waals surface area contributed by atoms with Gasteiger partial charge in [-0.1, -0.05) is 53.2 Å². The molecule has 172 valence electrons. The highest BCUT2D eigenvalue weighted by molar-refractivity contribution is 5.94. The van der Waals surface area contributed by atoms with E-state index in [-0.39, 0.29) is 12.0 Å². The number of benzene rings is 2. The van der Waals surface area contributed by atoms with Crippen LogP contribution in [0.2, 0.25) is 0 Å². The monoisotopic (exact) mass is 445 g/mol. The lowest BCUT2D eigenvalue weighted by Gasteiger charge is -2.27. The molecular formula is C27H31N3O3. The summed E-state index contributed by atoms with van der Waals surface area (Å²) in [5.41, 5.74) is 4.62. The number of nitrogens with zero attached hydrogens (tertiary/aromatic N) is 3. The zero-order chi connectivity index (χ0) is 22.6. The van der Waals surface area contributed by atoms with E-state index >= 15 is 0 Å². The van der Waals surface area contributed by atoms with Crippen molar-refractivity contribution < 1.29 is 14.1 Å². The molecule has 0 aliphatic carbocycles. The second kappa shape index (κ2) is 9.79. The van der Waals surface area contributed by atoms with E-state index in [0.717, 1.165) is 73.6 Å². The van der Waals surface area contributed by atoms with Crippen LogP contribution in [0.25, 0.3) is 11.3 Å². The Hall–Kier alpha value is -3.12. The fourth-order valence-corrected chi connectivity index (χ4v) is 4.76. The molecule has 1 atom stereocenters. The first-order chi connectivity index (χ1) is 16.2. The molecule has 0 spiro atoms. The van der Waals surface area contributed by atoms with Crippen molar-refractivity contribution in [3.63, 3.8) is 0 Å². The zero-order valence-electron chi connectivity index (χ0n) is 19.2. The number of rotatable bonds is 7. The maximum atomic E-state index is 13.7. The lowest BCUT2D eigenvalue weighted by atomic mass is 10.1. The molecule has 2 aliphatic heterocycles. The molecule has 33 heavy (non-hydrogen) atoms. The van der Waals surface area contributed by atoms with Crippen LogP contribution in [-0.4, -0.2) is 48.3 Å². The Morgan fingerprint density at radius 3 is 2.52 bits per heavy atom. The topological polar surface area (TPSA) is 58.8 Å². The van der Waals surface area contributed by atoms with Crippen LogP contribution in [0.15, 0.2) is 59.1 Å². The smallest absolute Gasteiger partial charge is 0.254 e. The Kier molecular flexibility index (Phi) is 6.44. The van der Waals surface area contributed by atoms with E-state index in [1.54, 1.807) is 0 Å². The number of carbonyl (C=O) groups is 1. The highest BCUT2D eigenvalue weighted by Gasteiger charge is 2.30. The van der Waals surface area contributed by atoms with Gasteiger partial charge in [0.05, 0.1) is 18.2 Å². The minimum Gasteiger partial charge on any atom is -0.376 e. The van der Waals surface area contributed by atoms with Gasteiger partial charge >= 0.3 is 0 Å². The molecule has 2 aromatic carbocycles. The molecule has 6 heteroatoms. The van der Waals surface area contributed by atoms with Crippen molar-refractivity contribution in [2.45, 2.75) is 45.3 Å². The van der Waals surface area contributed by atoms with Crippen LogP contribution in [0.1, 0.15) is 47.2 Å². The highest BCUT2D eigenvalue weighted by Crippen LogP contribution is 2.34. The molecule has 2 fully saturated rings. The summed E-state index contributed by atoms with van der Waals surface area (Å²) in [5.74, 6) is 0.804. The zero-order valence-corrected chi connectivity index (χ0v) is 19.2. The summed E-state index contributed by atoms with van der Waals surface area (Å²) in [6, 6.07) is 17.9. The van der Waals surface area contributed by atoms with E-state index in [1.807, 2.05) is 66.4 Å². The molecule has 3 heterocycles. The van der Waals surface area contributed by atoms with Crippen molar-refractivity contribution in [1.82, 2.24) is 10.1 Å². The minimum absolute atomic E-state index is 0.0121. The van der Waals surface area contributed by atoms with Gasteiger partial charge in [0.15, 0.2) is 0 Å². The Morgan fingerprint density at radius 2 is 1.82 bits per heavy atom. The molecule has 3 aromatic rings. The van der Waals surface area contributed by atoms with E-state index in [9.17, 15) is 4.79 Å². The Labute approximate surface area is 195 Å². The Balaban J connectivity index is 1.51. The quantitative estimate of drug-likeness (QED) is 0.508. The van der Waals surface area contributed by atoms with Crippen molar-refractivity contribution in [2.75, 3.05) is 31.1 Å². The number of aromatic nitrogens is 1. The molecule has 0 radical (unpaired) electrons. The van der Waals surface area contributed by atoms with Gasteiger partial charge < -0.3 is 19.1 Å². The van der Waals surface area contributed by atoms with Crippen molar-refractivity contribution in [2.24, 2.45) is 0 Å². The maximum Gasteiger partial charge on any atom is 0.254 e. The molecule has 2 aliphatic rings. The molecule has 2 saturated heterocycles. The number of amides is 1. The normalized spacial score (nSPS) is 18.1. The van der Waals surface area contributed by atoms with Gasteiger partial charge in [0.25, 0.3) is 5.91 Å².